The lowest BCUT2D eigenvalue weighted by molar-refractivity contribution is -0.384. The van der Waals surface area contributed by atoms with Crippen LogP contribution in [0.3, 0.4) is 0 Å². The molecule has 1 aromatic heterocycles. The quantitative estimate of drug-likeness (QED) is 0.509. The number of hydrogen-bond acceptors (Lipinski definition) is 6. The summed E-state index contributed by atoms with van der Waals surface area (Å²) in [5, 5.41) is 22.0. The Hall–Kier alpha value is -2.76. The zero-order chi connectivity index (χ0) is 15.2. The minimum absolute atomic E-state index is 0.0811. The van der Waals surface area contributed by atoms with Crippen molar-refractivity contribution in [3.8, 4) is 11.8 Å². The summed E-state index contributed by atoms with van der Waals surface area (Å²) in [4.78, 5) is 26.5. The number of nitro groups is 1. The Morgan fingerprint density at radius 1 is 1.43 bits per heavy atom. The summed E-state index contributed by atoms with van der Waals surface area (Å²) in [6.45, 7) is -0.248. The molecule has 21 heavy (non-hydrogen) atoms. The first-order valence-corrected chi connectivity index (χ1v) is 6.53. The predicted molar refractivity (Wildman–Crippen MR) is 77.1 cm³/mol. The van der Waals surface area contributed by atoms with Gasteiger partial charge in [0.05, 0.1) is 16.0 Å². The third kappa shape index (κ3) is 3.85. The van der Waals surface area contributed by atoms with Crippen molar-refractivity contribution >= 4 is 28.1 Å². The van der Waals surface area contributed by atoms with E-state index in [1.54, 1.807) is 0 Å². The van der Waals surface area contributed by atoms with Gasteiger partial charge in [-0.05, 0) is 12.1 Å². The molecule has 8 heteroatoms. The average molecular weight is 303 g/mol. The molecule has 2 aromatic rings. The summed E-state index contributed by atoms with van der Waals surface area (Å²) < 4.78 is 0. The Morgan fingerprint density at radius 3 is 2.76 bits per heavy atom. The SMILES string of the molecule is O=C(Nc1ncc(C#CCO)s1)c1ccc([N+](=O)[O-])cc1. The van der Waals surface area contributed by atoms with Gasteiger partial charge in [-0.15, -0.1) is 0 Å². The number of aliphatic hydroxyl groups excluding tert-OH is 1. The van der Waals surface area contributed by atoms with Crippen LogP contribution in [0.4, 0.5) is 10.8 Å². The number of anilines is 1. The number of benzene rings is 1. The summed E-state index contributed by atoms with van der Waals surface area (Å²) in [5.74, 6) is 4.74. The number of rotatable bonds is 3. The Morgan fingerprint density at radius 2 is 2.14 bits per heavy atom. The third-order valence-corrected chi connectivity index (χ3v) is 3.19. The van der Waals surface area contributed by atoms with Gasteiger partial charge in [0.25, 0.3) is 11.6 Å². The van der Waals surface area contributed by atoms with Gasteiger partial charge >= 0.3 is 0 Å². The number of aromatic nitrogens is 1. The van der Waals surface area contributed by atoms with Crippen molar-refractivity contribution in [1.82, 2.24) is 4.98 Å². The second-order valence-corrected chi connectivity index (χ2v) is 4.78. The van der Waals surface area contributed by atoms with E-state index in [1.807, 2.05) is 0 Å². The minimum atomic E-state index is -0.533. The van der Waals surface area contributed by atoms with Crippen molar-refractivity contribution in [3.63, 3.8) is 0 Å². The third-order valence-electron chi connectivity index (χ3n) is 2.36. The molecule has 0 fully saturated rings. The molecule has 1 heterocycles. The number of thiazole rings is 1. The molecule has 2 N–H and O–H groups in total. The summed E-state index contributed by atoms with van der Waals surface area (Å²) in [5.41, 5.74) is 0.209. The van der Waals surface area contributed by atoms with Gasteiger partial charge in [0.1, 0.15) is 6.61 Å². The molecule has 0 saturated carbocycles. The Labute approximate surface area is 123 Å². The first-order valence-electron chi connectivity index (χ1n) is 5.71. The molecule has 0 atom stereocenters. The fourth-order valence-corrected chi connectivity index (χ4v) is 2.11. The van der Waals surface area contributed by atoms with Crippen LogP contribution in [0, 0.1) is 22.0 Å². The predicted octanol–water partition coefficient (Wildman–Crippen LogP) is 1.65. The Bertz CT molecular complexity index is 728. The van der Waals surface area contributed by atoms with Crippen molar-refractivity contribution in [3.05, 3.63) is 51.0 Å². The standard InChI is InChI=1S/C13H9N3O4S/c17-7-1-2-11-8-14-13(21-11)15-12(18)9-3-5-10(6-4-9)16(19)20/h3-6,8,17H,7H2,(H,14,15,18). The highest BCUT2D eigenvalue weighted by atomic mass is 32.1. The highest BCUT2D eigenvalue weighted by Gasteiger charge is 2.11. The lowest BCUT2D eigenvalue weighted by Gasteiger charge is -2.00. The molecule has 0 radical (unpaired) electrons. The number of hydrogen-bond donors (Lipinski definition) is 2. The van der Waals surface area contributed by atoms with Crippen molar-refractivity contribution in [2.75, 3.05) is 11.9 Å². The molecule has 2 rings (SSSR count). The first-order chi connectivity index (χ1) is 10.1. The molecule has 0 unspecified atom stereocenters. The average Bonchev–Trinajstić information content (AvgIpc) is 2.92. The number of amides is 1. The molecule has 0 bridgehead atoms. The van der Waals surface area contributed by atoms with Crippen LogP contribution in [0.1, 0.15) is 15.2 Å². The first kappa shape index (κ1) is 14.6. The van der Waals surface area contributed by atoms with E-state index < -0.39 is 10.8 Å². The van der Waals surface area contributed by atoms with Crippen LogP contribution in [0.2, 0.25) is 0 Å². The van der Waals surface area contributed by atoms with Crippen molar-refractivity contribution in [2.24, 2.45) is 0 Å². The van der Waals surface area contributed by atoms with E-state index >= 15 is 0 Å². The molecule has 1 amide bonds. The van der Waals surface area contributed by atoms with Crippen molar-refractivity contribution in [1.29, 1.82) is 0 Å². The van der Waals surface area contributed by atoms with Crippen LogP contribution in [0.15, 0.2) is 30.5 Å². The zero-order valence-electron chi connectivity index (χ0n) is 10.6. The van der Waals surface area contributed by atoms with Gasteiger partial charge in [-0.2, -0.15) is 0 Å². The molecule has 1 aromatic carbocycles. The maximum Gasteiger partial charge on any atom is 0.269 e. The summed E-state index contributed by atoms with van der Waals surface area (Å²) in [6, 6.07) is 5.25. The van der Waals surface area contributed by atoms with Crippen molar-refractivity contribution in [2.45, 2.75) is 0 Å². The number of nitro benzene ring substituents is 1. The molecular formula is C13H9N3O4S. The largest absolute Gasteiger partial charge is 0.384 e. The number of carbonyl (C=O) groups excluding carboxylic acids is 1. The highest BCUT2D eigenvalue weighted by Crippen LogP contribution is 2.18. The molecule has 0 spiro atoms. The van der Waals surface area contributed by atoms with Crippen LogP contribution >= 0.6 is 11.3 Å². The van der Waals surface area contributed by atoms with Gasteiger partial charge in [-0.3, -0.25) is 20.2 Å². The van der Waals surface area contributed by atoms with E-state index in [0.29, 0.717) is 15.6 Å². The van der Waals surface area contributed by atoms with E-state index in [0.717, 1.165) is 0 Å². The van der Waals surface area contributed by atoms with Gasteiger partial charge < -0.3 is 5.11 Å². The normalized spacial score (nSPS) is 9.57. The zero-order valence-corrected chi connectivity index (χ0v) is 11.4. The maximum atomic E-state index is 11.9. The molecule has 0 aliphatic heterocycles. The van der Waals surface area contributed by atoms with Gasteiger partial charge in [0.15, 0.2) is 5.13 Å². The van der Waals surface area contributed by atoms with E-state index in [-0.39, 0.29) is 12.3 Å². The molecular weight excluding hydrogens is 294 g/mol. The molecule has 0 aliphatic carbocycles. The lowest BCUT2D eigenvalue weighted by atomic mass is 10.2. The minimum Gasteiger partial charge on any atom is -0.384 e. The van der Waals surface area contributed by atoms with Gasteiger partial charge in [0.2, 0.25) is 0 Å². The smallest absolute Gasteiger partial charge is 0.269 e. The fraction of sp³-hybridized carbons (Fsp3) is 0.0769. The summed E-state index contributed by atoms with van der Waals surface area (Å²) in [7, 11) is 0. The second-order valence-electron chi connectivity index (χ2n) is 3.75. The lowest BCUT2D eigenvalue weighted by Crippen LogP contribution is -2.11. The van der Waals surface area contributed by atoms with E-state index in [1.165, 1.54) is 41.8 Å². The Kier molecular flexibility index (Phi) is 4.61. The van der Waals surface area contributed by atoms with Crippen LogP contribution in [-0.4, -0.2) is 27.5 Å². The monoisotopic (exact) mass is 303 g/mol. The number of nitrogens with zero attached hydrogens (tertiary/aromatic N) is 2. The van der Waals surface area contributed by atoms with E-state index in [4.69, 9.17) is 5.11 Å². The topological polar surface area (TPSA) is 105 Å². The second kappa shape index (κ2) is 6.60. The number of aliphatic hydroxyl groups is 1. The van der Waals surface area contributed by atoms with Gasteiger partial charge in [-0.1, -0.05) is 23.2 Å². The maximum absolute atomic E-state index is 11.9. The molecule has 0 aliphatic rings. The van der Waals surface area contributed by atoms with E-state index in [2.05, 4.69) is 22.1 Å². The molecule has 7 nitrogen and oxygen atoms in total. The van der Waals surface area contributed by atoms with E-state index in [9.17, 15) is 14.9 Å². The highest BCUT2D eigenvalue weighted by molar-refractivity contribution is 7.16. The van der Waals surface area contributed by atoms with Crippen LogP contribution in [-0.2, 0) is 0 Å². The summed E-state index contributed by atoms with van der Waals surface area (Å²) in [6.07, 6.45) is 1.48. The van der Waals surface area contributed by atoms with Gasteiger partial charge in [0, 0.05) is 17.7 Å². The number of non-ortho nitro benzene ring substituents is 1. The summed E-state index contributed by atoms with van der Waals surface area (Å²) >= 11 is 1.17. The van der Waals surface area contributed by atoms with Crippen LogP contribution in [0.5, 0.6) is 0 Å². The number of nitrogens with one attached hydrogen (secondary N) is 1. The molecule has 0 saturated heterocycles. The fourth-order valence-electron chi connectivity index (χ4n) is 1.42. The van der Waals surface area contributed by atoms with Crippen molar-refractivity contribution < 1.29 is 14.8 Å². The van der Waals surface area contributed by atoms with Crippen LogP contribution < -0.4 is 5.32 Å². The molecule has 106 valence electrons. The number of carbonyl (C=O) groups is 1. The van der Waals surface area contributed by atoms with Gasteiger partial charge in [-0.25, -0.2) is 4.98 Å². The van der Waals surface area contributed by atoms with Crippen LogP contribution in [0.25, 0.3) is 0 Å². The Balaban J connectivity index is 2.07.